The van der Waals surface area contributed by atoms with Crippen molar-refractivity contribution in [1.29, 1.82) is 0 Å². The third-order valence-electron chi connectivity index (χ3n) is 5.02. The van der Waals surface area contributed by atoms with E-state index < -0.39 is 0 Å². The van der Waals surface area contributed by atoms with Gasteiger partial charge in [0.05, 0.1) is 6.61 Å². The average Bonchev–Trinajstić information content (AvgIpc) is 2.36. The van der Waals surface area contributed by atoms with Crippen LogP contribution in [-0.4, -0.2) is 18.9 Å². The van der Waals surface area contributed by atoms with Crippen molar-refractivity contribution in [3.63, 3.8) is 0 Å². The molecule has 3 aliphatic rings. The lowest BCUT2D eigenvalue weighted by atomic mass is 9.73. The molecule has 0 atom stereocenters. The van der Waals surface area contributed by atoms with Gasteiger partial charge in [-0.05, 0) is 38.5 Å². The van der Waals surface area contributed by atoms with Crippen LogP contribution in [0.5, 0.6) is 0 Å². The molecule has 2 heteroatoms. The van der Waals surface area contributed by atoms with E-state index in [2.05, 4.69) is 5.32 Å². The van der Waals surface area contributed by atoms with E-state index in [0.717, 1.165) is 6.61 Å². The van der Waals surface area contributed by atoms with Gasteiger partial charge in [-0.2, -0.15) is 0 Å². The first-order valence-corrected chi connectivity index (χ1v) is 7.22. The van der Waals surface area contributed by atoms with Gasteiger partial charge in [-0.15, -0.1) is 0 Å². The van der Waals surface area contributed by atoms with Crippen LogP contribution in [0.4, 0.5) is 0 Å². The molecule has 0 radical (unpaired) electrons. The van der Waals surface area contributed by atoms with Crippen LogP contribution in [0.15, 0.2) is 0 Å². The Labute approximate surface area is 99.1 Å². The fraction of sp³-hybridized carbons (Fsp3) is 1.00. The molecule has 3 fully saturated rings. The van der Waals surface area contributed by atoms with Gasteiger partial charge in [0.2, 0.25) is 0 Å². The first kappa shape index (κ1) is 11.0. The highest BCUT2D eigenvalue weighted by Gasteiger charge is 2.43. The molecule has 2 nitrogen and oxygen atoms in total. The Morgan fingerprint density at radius 2 is 1.38 bits per heavy atom. The third kappa shape index (κ3) is 2.02. The molecule has 16 heavy (non-hydrogen) atoms. The van der Waals surface area contributed by atoms with Crippen LogP contribution in [0, 0.1) is 5.41 Å². The Kier molecular flexibility index (Phi) is 2.97. The molecule has 0 bridgehead atoms. The molecule has 0 amide bonds. The molecule has 1 N–H and O–H groups in total. The summed E-state index contributed by atoms with van der Waals surface area (Å²) in [6, 6.07) is 0. The fourth-order valence-corrected chi connectivity index (χ4v) is 3.81. The number of hydrogen-bond donors (Lipinski definition) is 1. The van der Waals surface area contributed by atoms with Gasteiger partial charge in [0.15, 0.2) is 0 Å². The van der Waals surface area contributed by atoms with Crippen LogP contribution in [0.25, 0.3) is 0 Å². The summed E-state index contributed by atoms with van der Waals surface area (Å²) in [4.78, 5) is 0. The van der Waals surface area contributed by atoms with Crippen molar-refractivity contribution in [2.75, 3.05) is 13.2 Å². The van der Waals surface area contributed by atoms with Gasteiger partial charge in [-0.1, -0.05) is 25.7 Å². The van der Waals surface area contributed by atoms with Crippen molar-refractivity contribution < 1.29 is 4.74 Å². The standard InChI is InChI=1S/C14H25NO/c1-3-7-13(8-4-1)11-15-14(16-12-13)9-5-2-6-10-14/h15H,1-12H2. The van der Waals surface area contributed by atoms with Gasteiger partial charge in [-0.3, -0.25) is 5.32 Å². The average molecular weight is 223 g/mol. The normalized spacial score (nSPS) is 33.0. The van der Waals surface area contributed by atoms with Crippen molar-refractivity contribution in [3.05, 3.63) is 0 Å². The minimum absolute atomic E-state index is 0.0843. The maximum absolute atomic E-state index is 6.29. The van der Waals surface area contributed by atoms with Crippen molar-refractivity contribution >= 4 is 0 Å². The Morgan fingerprint density at radius 1 is 0.750 bits per heavy atom. The van der Waals surface area contributed by atoms with Crippen LogP contribution in [0.1, 0.15) is 64.2 Å². The second-order valence-corrected chi connectivity index (χ2v) is 6.26. The summed E-state index contributed by atoms with van der Waals surface area (Å²) in [6.45, 7) is 2.24. The largest absolute Gasteiger partial charge is 0.360 e. The SMILES string of the molecule is C1CCC2(CC1)CNC1(CCCCC1)OC2. The monoisotopic (exact) mass is 223 g/mol. The van der Waals surface area contributed by atoms with Gasteiger partial charge in [0, 0.05) is 12.0 Å². The van der Waals surface area contributed by atoms with Crippen molar-refractivity contribution in [2.45, 2.75) is 69.9 Å². The number of ether oxygens (including phenoxy) is 1. The van der Waals surface area contributed by atoms with Gasteiger partial charge in [-0.25, -0.2) is 0 Å². The van der Waals surface area contributed by atoms with Gasteiger partial charge < -0.3 is 4.74 Å². The van der Waals surface area contributed by atoms with E-state index in [1.165, 1.54) is 70.8 Å². The zero-order valence-corrected chi connectivity index (χ0v) is 10.4. The molecule has 92 valence electrons. The molecule has 2 spiro atoms. The number of hydrogen-bond acceptors (Lipinski definition) is 2. The highest BCUT2D eigenvalue weighted by atomic mass is 16.5. The van der Waals surface area contributed by atoms with E-state index in [1.54, 1.807) is 0 Å². The highest BCUT2D eigenvalue weighted by molar-refractivity contribution is 4.94. The van der Waals surface area contributed by atoms with Gasteiger partial charge >= 0.3 is 0 Å². The predicted molar refractivity (Wildman–Crippen MR) is 65.3 cm³/mol. The first-order chi connectivity index (χ1) is 7.83. The summed E-state index contributed by atoms with van der Waals surface area (Å²) in [5.74, 6) is 0. The predicted octanol–water partition coefficient (Wildman–Crippen LogP) is 3.22. The first-order valence-electron chi connectivity index (χ1n) is 7.22. The number of nitrogens with one attached hydrogen (secondary N) is 1. The quantitative estimate of drug-likeness (QED) is 0.681. The Balaban J connectivity index is 1.61. The lowest BCUT2D eigenvalue weighted by molar-refractivity contribution is -0.167. The number of rotatable bonds is 0. The van der Waals surface area contributed by atoms with Crippen LogP contribution in [0.3, 0.4) is 0 Å². The molecule has 2 saturated carbocycles. The van der Waals surface area contributed by atoms with Crippen LogP contribution >= 0.6 is 0 Å². The Hall–Kier alpha value is -0.0800. The molecule has 0 aromatic heterocycles. The van der Waals surface area contributed by atoms with E-state index in [9.17, 15) is 0 Å². The lowest BCUT2D eigenvalue weighted by Crippen LogP contribution is -2.60. The zero-order valence-electron chi connectivity index (χ0n) is 10.4. The third-order valence-corrected chi connectivity index (χ3v) is 5.02. The molecule has 0 aromatic carbocycles. The Morgan fingerprint density at radius 3 is 1.94 bits per heavy atom. The van der Waals surface area contributed by atoms with E-state index in [1.807, 2.05) is 0 Å². The van der Waals surface area contributed by atoms with Crippen LogP contribution in [0.2, 0.25) is 0 Å². The van der Waals surface area contributed by atoms with Crippen molar-refractivity contribution in [3.8, 4) is 0 Å². The topological polar surface area (TPSA) is 21.3 Å². The summed E-state index contributed by atoms with van der Waals surface area (Å²) >= 11 is 0. The minimum atomic E-state index is 0.0843. The summed E-state index contributed by atoms with van der Waals surface area (Å²) in [7, 11) is 0. The van der Waals surface area contributed by atoms with E-state index in [4.69, 9.17) is 4.74 Å². The van der Waals surface area contributed by atoms with Crippen molar-refractivity contribution in [2.24, 2.45) is 5.41 Å². The van der Waals surface area contributed by atoms with Gasteiger partial charge in [0.25, 0.3) is 0 Å². The van der Waals surface area contributed by atoms with E-state index in [-0.39, 0.29) is 5.72 Å². The Bertz CT molecular complexity index is 201. The second kappa shape index (κ2) is 4.30. The second-order valence-electron chi connectivity index (χ2n) is 6.26. The molecule has 3 rings (SSSR count). The summed E-state index contributed by atoms with van der Waals surface area (Å²) in [6.07, 6.45) is 13.6. The summed E-state index contributed by atoms with van der Waals surface area (Å²) in [5.41, 5.74) is 0.585. The summed E-state index contributed by atoms with van der Waals surface area (Å²) < 4.78 is 6.29. The van der Waals surface area contributed by atoms with Gasteiger partial charge in [0.1, 0.15) is 5.72 Å². The van der Waals surface area contributed by atoms with E-state index >= 15 is 0 Å². The molecule has 1 aliphatic heterocycles. The fourth-order valence-electron chi connectivity index (χ4n) is 3.81. The zero-order chi connectivity index (χ0) is 10.9. The lowest BCUT2D eigenvalue weighted by Gasteiger charge is -2.50. The molecule has 2 aliphatic carbocycles. The van der Waals surface area contributed by atoms with Crippen LogP contribution < -0.4 is 5.32 Å². The molecular formula is C14H25NO. The minimum Gasteiger partial charge on any atom is -0.360 e. The van der Waals surface area contributed by atoms with Crippen LogP contribution in [-0.2, 0) is 4.74 Å². The smallest absolute Gasteiger partial charge is 0.119 e. The molecule has 1 saturated heterocycles. The molecule has 1 heterocycles. The van der Waals surface area contributed by atoms with E-state index in [0.29, 0.717) is 5.41 Å². The maximum atomic E-state index is 6.29. The van der Waals surface area contributed by atoms with Crippen molar-refractivity contribution in [1.82, 2.24) is 5.32 Å². The molecule has 0 unspecified atom stereocenters. The summed E-state index contributed by atoms with van der Waals surface area (Å²) in [5, 5.41) is 3.77. The highest BCUT2D eigenvalue weighted by Crippen LogP contribution is 2.42. The molecular weight excluding hydrogens is 198 g/mol. The maximum Gasteiger partial charge on any atom is 0.119 e. The molecule has 0 aromatic rings.